The van der Waals surface area contributed by atoms with Crippen LogP contribution < -0.4 is 0 Å². The Kier molecular flexibility index (Phi) is 4.15. The second-order valence-electron chi connectivity index (χ2n) is 7.27. The van der Waals surface area contributed by atoms with Gasteiger partial charge in [0.2, 0.25) is 0 Å². The number of hydrogen-bond donors (Lipinski definition) is 3. The van der Waals surface area contributed by atoms with Crippen LogP contribution in [-0.2, 0) is 6.42 Å². The molecule has 7 heteroatoms. The van der Waals surface area contributed by atoms with E-state index in [1.54, 1.807) is 19.9 Å². The number of alkyl halides is 2. The number of aryl methyl sites for hydroxylation is 1. The molecule has 3 N–H and O–H groups in total. The second kappa shape index (κ2) is 5.88. The first-order valence-corrected chi connectivity index (χ1v) is 8.23. The Hall–Kier alpha value is -1.89. The van der Waals surface area contributed by atoms with Gasteiger partial charge < -0.3 is 20.0 Å². The van der Waals surface area contributed by atoms with E-state index in [4.69, 9.17) is 0 Å². The number of amides is 1. The van der Waals surface area contributed by atoms with E-state index in [0.717, 1.165) is 16.7 Å². The van der Waals surface area contributed by atoms with Crippen LogP contribution in [0.4, 0.5) is 8.78 Å². The van der Waals surface area contributed by atoms with Gasteiger partial charge >= 0.3 is 0 Å². The summed E-state index contributed by atoms with van der Waals surface area (Å²) in [5.74, 6) is -2.90. The number of piperidine rings is 1. The molecular weight excluding hydrogens is 316 g/mol. The lowest BCUT2D eigenvalue weighted by Gasteiger charge is -2.31. The molecule has 1 aliphatic rings. The molecule has 0 spiro atoms. The topological polar surface area (TPSA) is 72.1 Å². The summed E-state index contributed by atoms with van der Waals surface area (Å²) in [5, 5.41) is 10.7. The summed E-state index contributed by atoms with van der Waals surface area (Å²) in [6.07, 6.45) is 0.775. The van der Waals surface area contributed by atoms with Crippen LogP contribution >= 0.6 is 0 Å². The van der Waals surface area contributed by atoms with E-state index in [1.165, 1.54) is 4.90 Å². The molecule has 0 aliphatic carbocycles. The summed E-state index contributed by atoms with van der Waals surface area (Å²) in [5.41, 5.74) is 1.41. The second-order valence-corrected chi connectivity index (χ2v) is 7.27. The minimum atomic E-state index is -2.66. The normalized spacial score (nSPS) is 18.3. The minimum absolute atomic E-state index is 0.0790. The molecule has 3 rings (SSSR count). The van der Waals surface area contributed by atoms with Gasteiger partial charge in [-0.05, 0) is 38.8 Å². The number of carbonyl (C=O) groups excluding carboxylic acids is 1. The SMILES string of the molecule is CC(C)(O)CCc1cc2cc(C(=O)N3CCC(F)(F)CC3)[nH]c2[nH]1. The van der Waals surface area contributed by atoms with E-state index < -0.39 is 11.5 Å². The van der Waals surface area contributed by atoms with Gasteiger partial charge in [-0.3, -0.25) is 4.79 Å². The number of fused-ring (bicyclic) bond motifs is 1. The maximum atomic E-state index is 13.2. The molecule has 1 saturated heterocycles. The molecule has 0 saturated carbocycles. The first kappa shape index (κ1) is 17.0. The maximum absolute atomic E-state index is 13.2. The summed E-state index contributed by atoms with van der Waals surface area (Å²) in [6.45, 7) is 3.69. The van der Waals surface area contributed by atoms with Crippen LogP contribution in [0.3, 0.4) is 0 Å². The molecule has 2 aromatic heterocycles. The van der Waals surface area contributed by atoms with Crippen LogP contribution in [0.25, 0.3) is 11.0 Å². The standard InChI is InChI=1S/C17H23F2N3O2/c1-16(2,24)4-3-12-9-11-10-13(21-14(11)20-12)15(23)22-7-5-17(18,19)6-8-22/h9-10,20-21,24H,3-8H2,1-2H3. The van der Waals surface area contributed by atoms with Gasteiger partial charge in [-0.25, -0.2) is 8.78 Å². The van der Waals surface area contributed by atoms with E-state index in [0.29, 0.717) is 18.5 Å². The van der Waals surface area contributed by atoms with Gasteiger partial charge in [-0.2, -0.15) is 0 Å². The quantitative estimate of drug-likeness (QED) is 0.801. The van der Waals surface area contributed by atoms with Gasteiger partial charge in [0.15, 0.2) is 0 Å². The Morgan fingerprint density at radius 3 is 2.54 bits per heavy atom. The fourth-order valence-electron chi connectivity index (χ4n) is 2.97. The molecule has 0 bridgehead atoms. The largest absolute Gasteiger partial charge is 0.390 e. The number of H-pyrrole nitrogens is 2. The summed E-state index contributed by atoms with van der Waals surface area (Å²) >= 11 is 0. The molecule has 5 nitrogen and oxygen atoms in total. The fourth-order valence-corrected chi connectivity index (χ4v) is 2.97. The van der Waals surface area contributed by atoms with Gasteiger partial charge in [-0.15, -0.1) is 0 Å². The van der Waals surface area contributed by atoms with Crippen molar-refractivity contribution in [3.05, 3.63) is 23.5 Å². The van der Waals surface area contributed by atoms with E-state index >= 15 is 0 Å². The predicted molar refractivity (Wildman–Crippen MR) is 87.4 cm³/mol. The number of likely N-dealkylation sites (tertiary alicyclic amines) is 1. The minimum Gasteiger partial charge on any atom is -0.390 e. The van der Waals surface area contributed by atoms with Crippen molar-refractivity contribution in [1.82, 2.24) is 14.9 Å². The third kappa shape index (κ3) is 3.77. The van der Waals surface area contributed by atoms with Gasteiger partial charge in [-0.1, -0.05) is 0 Å². The van der Waals surface area contributed by atoms with Gasteiger partial charge in [0.25, 0.3) is 11.8 Å². The number of aliphatic hydroxyl groups is 1. The van der Waals surface area contributed by atoms with E-state index in [-0.39, 0.29) is 31.8 Å². The summed E-state index contributed by atoms with van der Waals surface area (Å²) in [4.78, 5) is 20.1. The van der Waals surface area contributed by atoms with Crippen molar-refractivity contribution in [1.29, 1.82) is 0 Å². The molecule has 0 radical (unpaired) electrons. The number of hydrogen-bond acceptors (Lipinski definition) is 2. The molecule has 24 heavy (non-hydrogen) atoms. The Balaban J connectivity index is 1.68. The lowest BCUT2D eigenvalue weighted by Crippen LogP contribution is -2.42. The summed E-state index contributed by atoms with van der Waals surface area (Å²) < 4.78 is 26.4. The van der Waals surface area contributed by atoms with Crippen LogP contribution in [0.1, 0.15) is 49.3 Å². The van der Waals surface area contributed by atoms with Crippen molar-refractivity contribution in [3.8, 4) is 0 Å². The molecule has 1 amide bonds. The number of rotatable bonds is 4. The molecule has 0 unspecified atom stereocenters. The lowest BCUT2D eigenvalue weighted by atomic mass is 10.0. The Bertz CT molecular complexity index is 701. The highest BCUT2D eigenvalue weighted by Crippen LogP contribution is 2.29. The van der Waals surface area contributed by atoms with E-state index in [9.17, 15) is 18.7 Å². The Morgan fingerprint density at radius 2 is 1.96 bits per heavy atom. The molecule has 0 atom stereocenters. The van der Waals surface area contributed by atoms with E-state index in [2.05, 4.69) is 9.97 Å². The first-order chi connectivity index (χ1) is 11.1. The number of aromatic nitrogens is 2. The predicted octanol–water partition coefficient (Wildman–Crippen LogP) is 3.07. The summed E-state index contributed by atoms with van der Waals surface area (Å²) in [6, 6.07) is 3.69. The highest BCUT2D eigenvalue weighted by atomic mass is 19.3. The van der Waals surface area contributed by atoms with Crippen molar-refractivity contribution in [2.75, 3.05) is 13.1 Å². The van der Waals surface area contributed by atoms with Crippen molar-refractivity contribution < 1.29 is 18.7 Å². The molecule has 132 valence electrons. The van der Waals surface area contributed by atoms with Crippen LogP contribution in [0.5, 0.6) is 0 Å². The van der Waals surface area contributed by atoms with Crippen LogP contribution in [0.2, 0.25) is 0 Å². The third-order valence-corrected chi connectivity index (χ3v) is 4.48. The third-order valence-electron chi connectivity index (χ3n) is 4.48. The average molecular weight is 339 g/mol. The number of carbonyl (C=O) groups is 1. The smallest absolute Gasteiger partial charge is 0.270 e. The number of nitrogens with zero attached hydrogens (tertiary/aromatic N) is 1. The highest BCUT2D eigenvalue weighted by Gasteiger charge is 2.36. The van der Waals surface area contributed by atoms with Crippen LogP contribution in [-0.4, -0.2) is 50.5 Å². The van der Waals surface area contributed by atoms with Crippen molar-refractivity contribution >= 4 is 16.9 Å². The van der Waals surface area contributed by atoms with Gasteiger partial charge in [0, 0.05) is 37.0 Å². The molecule has 1 fully saturated rings. The zero-order valence-electron chi connectivity index (χ0n) is 14.0. The van der Waals surface area contributed by atoms with Crippen LogP contribution in [0, 0.1) is 0 Å². The Labute approximate surface area is 139 Å². The maximum Gasteiger partial charge on any atom is 0.270 e. The zero-order chi connectivity index (χ0) is 17.5. The molecule has 3 heterocycles. The molecule has 2 aromatic rings. The number of nitrogens with one attached hydrogen (secondary N) is 2. The zero-order valence-corrected chi connectivity index (χ0v) is 14.0. The highest BCUT2D eigenvalue weighted by molar-refractivity contribution is 5.97. The van der Waals surface area contributed by atoms with Crippen LogP contribution in [0.15, 0.2) is 12.1 Å². The molecule has 0 aromatic carbocycles. The molecule has 1 aliphatic heterocycles. The van der Waals surface area contributed by atoms with Crippen molar-refractivity contribution in [2.45, 2.75) is 51.1 Å². The first-order valence-electron chi connectivity index (χ1n) is 8.23. The van der Waals surface area contributed by atoms with E-state index in [1.807, 2.05) is 6.07 Å². The summed E-state index contributed by atoms with van der Waals surface area (Å²) in [7, 11) is 0. The lowest BCUT2D eigenvalue weighted by molar-refractivity contribution is -0.0495. The average Bonchev–Trinajstić information content (AvgIpc) is 3.01. The number of halogens is 2. The Morgan fingerprint density at radius 1 is 1.29 bits per heavy atom. The monoisotopic (exact) mass is 339 g/mol. The van der Waals surface area contributed by atoms with Gasteiger partial charge in [0.1, 0.15) is 11.3 Å². The van der Waals surface area contributed by atoms with Crippen molar-refractivity contribution in [2.24, 2.45) is 0 Å². The molecular formula is C17H23F2N3O2. The van der Waals surface area contributed by atoms with Gasteiger partial charge in [0.05, 0.1) is 5.60 Å². The fraction of sp³-hybridized carbons (Fsp3) is 0.588. The number of aromatic amines is 2. The van der Waals surface area contributed by atoms with Crippen molar-refractivity contribution in [3.63, 3.8) is 0 Å².